The van der Waals surface area contributed by atoms with E-state index in [0.717, 1.165) is 11.1 Å². The number of nitrogens with one attached hydrogen (secondary N) is 1. The number of aliphatic hydroxyl groups excluding tert-OH is 1. The number of carbonyl (C=O) groups excluding carboxylic acids is 2. The molecule has 4 unspecified atom stereocenters. The Labute approximate surface area is 254 Å². The maximum atomic E-state index is 14.2. The van der Waals surface area contributed by atoms with Crippen LogP contribution in [0.4, 0.5) is 5.69 Å². The first kappa shape index (κ1) is 30.1. The zero-order valence-electron chi connectivity index (χ0n) is 24.1. The number of phenolic OH excluding ortho intramolecular Hbond substituents is 2. The van der Waals surface area contributed by atoms with Gasteiger partial charge in [0, 0.05) is 41.3 Å². The Kier molecular flexibility index (Phi) is 8.70. The van der Waals surface area contributed by atoms with E-state index < -0.39 is 17.4 Å². The minimum absolute atomic E-state index is 0.000296. The van der Waals surface area contributed by atoms with E-state index in [9.17, 15) is 24.9 Å². The topological polar surface area (TPSA) is 129 Å². The van der Waals surface area contributed by atoms with Crippen LogP contribution in [0.5, 0.6) is 23.0 Å². The fourth-order valence-electron chi connectivity index (χ4n) is 6.46. The van der Waals surface area contributed by atoms with Crippen molar-refractivity contribution >= 4 is 35.7 Å². The van der Waals surface area contributed by atoms with E-state index >= 15 is 0 Å². The molecule has 0 aliphatic carbocycles. The molecular weight excluding hydrogens is 568 g/mol. The number of methoxy groups -OCH3 is 2. The van der Waals surface area contributed by atoms with Gasteiger partial charge >= 0.3 is 0 Å². The fraction of sp³-hybridized carbons (Fsp3) is 0.273. The SMILES string of the molecule is COc1cc(/C=C/C(O)=C/C(=O)C2C3CSCN3C(C)(c3ccccc3NC=O)C2c2ccc(O)c(OC)c2)ccc1O. The predicted octanol–water partition coefficient (Wildman–Crippen LogP) is 5.41. The minimum Gasteiger partial charge on any atom is -0.508 e. The quantitative estimate of drug-likeness (QED) is 0.104. The second kappa shape index (κ2) is 12.4. The van der Waals surface area contributed by atoms with Crippen molar-refractivity contribution in [1.29, 1.82) is 0 Å². The summed E-state index contributed by atoms with van der Waals surface area (Å²) in [6.07, 6.45) is 4.96. The van der Waals surface area contributed by atoms with Gasteiger partial charge in [-0.2, -0.15) is 0 Å². The lowest BCUT2D eigenvalue weighted by atomic mass is 9.70. The number of anilines is 1. The van der Waals surface area contributed by atoms with Crippen molar-refractivity contribution < 1.29 is 34.4 Å². The molecule has 5 rings (SSSR count). The van der Waals surface area contributed by atoms with Crippen molar-refractivity contribution in [2.75, 3.05) is 31.2 Å². The highest BCUT2D eigenvalue weighted by Crippen LogP contribution is 2.59. The summed E-state index contributed by atoms with van der Waals surface area (Å²) < 4.78 is 10.6. The van der Waals surface area contributed by atoms with Gasteiger partial charge in [0.1, 0.15) is 5.76 Å². The fourth-order valence-corrected chi connectivity index (χ4v) is 7.85. The summed E-state index contributed by atoms with van der Waals surface area (Å²) in [6.45, 7) is 2.08. The Morgan fingerprint density at radius 2 is 1.74 bits per heavy atom. The monoisotopic (exact) mass is 602 g/mol. The molecule has 0 aromatic heterocycles. The lowest BCUT2D eigenvalue weighted by Crippen LogP contribution is -2.43. The van der Waals surface area contributed by atoms with Crippen molar-refractivity contribution in [3.05, 3.63) is 95.3 Å². The molecular formula is C33H34N2O7S. The van der Waals surface area contributed by atoms with Gasteiger partial charge in [-0.25, -0.2) is 0 Å². The second-order valence-electron chi connectivity index (χ2n) is 10.7. The smallest absolute Gasteiger partial charge is 0.211 e. The number of phenols is 2. The van der Waals surface area contributed by atoms with E-state index in [1.807, 2.05) is 24.3 Å². The van der Waals surface area contributed by atoms with Crippen LogP contribution in [0.1, 0.15) is 29.5 Å². The van der Waals surface area contributed by atoms with Gasteiger partial charge in [-0.15, -0.1) is 11.8 Å². The van der Waals surface area contributed by atoms with Crippen LogP contribution in [0, 0.1) is 5.92 Å². The van der Waals surface area contributed by atoms with E-state index in [2.05, 4.69) is 17.1 Å². The molecule has 3 aromatic carbocycles. The summed E-state index contributed by atoms with van der Waals surface area (Å²) in [5.74, 6) is 0.494. The number of ether oxygens (including phenoxy) is 2. The number of carbonyl (C=O) groups is 2. The molecule has 9 nitrogen and oxygen atoms in total. The number of aromatic hydroxyl groups is 2. The molecule has 0 bridgehead atoms. The Balaban J connectivity index is 1.60. The molecule has 0 spiro atoms. The van der Waals surface area contributed by atoms with E-state index in [4.69, 9.17) is 9.47 Å². The third-order valence-corrected chi connectivity index (χ3v) is 9.45. The standard InChI is InChI=1S/C33H34N2O7S/c1-33(23-6-4-5-7-24(23)34-18-36)32(21-10-13-27(39)30(15-21)42-3)31(25-17-43-19-35(25)33)28(40)16-22(37)11-8-20-9-12-26(38)29(14-20)41-2/h4-16,18,25,31-32,37-39H,17,19H2,1-3H3,(H,34,36)/b11-8+,22-16-. The molecule has 3 aromatic rings. The number of benzene rings is 3. The number of hydrogen-bond donors (Lipinski definition) is 4. The molecule has 224 valence electrons. The zero-order valence-corrected chi connectivity index (χ0v) is 24.9. The van der Waals surface area contributed by atoms with Crippen LogP contribution in [0.15, 0.2) is 78.6 Å². The highest BCUT2D eigenvalue weighted by molar-refractivity contribution is 7.99. The van der Waals surface area contributed by atoms with Gasteiger partial charge in [0.15, 0.2) is 28.8 Å². The minimum atomic E-state index is -0.745. The number of rotatable bonds is 10. The normalized spacial score (nSPS) is 23.7. The maximum Gasteiger partial charge on any atom is 0.211 e. The Morgan fingerprint density at radius 1 is 1.05 bits per heavy atom. The van der Waals surface area contributed by atoms with Crippen molar-refractivity contribution in [3.63, 3.8) is 0 Å². The molecule has 2 fully saturated rings. The van der Waals surface area contributed by atoms with Crippen LogP contribution in [0.3, 0.4) is 0 Å². The van der Waals surface area contributed by atoms with Crippen molar-refractivity contribution in [2.24, 2.45) is 5.92 Å². The first-order valence-corrected chi connectivity index (χ1v) is 14.9. The maximum absolute atomic E-state index is 14.2. The molecule has 10 heteroatoms. The number of thioether (sulfide) groups is 1. The molecule has 4 N–H and O–H groups in total. The number of ketones is 1. The molecule has 0 saturated carbocycles. The van der Waals surface area contributed by atoms with E-state index in [0.29, 0.717) is 35.0 Å². The number of aliphatic hydroxyl groups is 1. The predicted molar refractivity (Wildman–Crippen MR) is 167 cm³/mol. The molecule has 4 atom stereocenters. The van der Waals surface area contributed by atoms with Gasteiger partial charge in [-0.05, 0) is 60.0 Å². The van der Waals surface area contributed by atoms with Gasteiger partial charge in [0.05, 0.1) is 19.8 Å². The summed E-state index contributed by atoms with van der Waals surface area (Å²) in [6, 6.07) is 17.3. The van der Waals surface area contributed by atoms with Gasteiger partial charge in [-0.3, -0.25) is 14.5 Å². The summed E-state index contributed by atoms with van der Waals surface area (Å²) in [5, 5.41) is 33.9. The first-order chi connectivity index (χ1) is 20.7. The number of para-hydroxylation sites is 1. The summed E-state index contributed by atoms with van der Waals surface area (Å²) >= 11 is 1.73. The molecule has 2 aliphatic rings. The first-order valence-electron chi connectivity index (χ1n) is 13.7. The second-order valence-corrected chi connectivity index (χ2v) is 11.7. The van der Waals surface area contributed by atoms with Gasteiger partial charge in [0.2, 0.25) is 6.41 Å². The van der Waals surface area contributed by atoms with Crippen LogP contribution in [0.25, 0.3) is 6.08 Å². The third-order valence-electron chi connectivity index (χ3n) is 8.41. The Morgan fingerprint density at radius 3 is 2.47 bits per heavy atom. The molecule has 0 radical (unpaired) electrons. The van der Waals surface area contributed by atoms with Crippen LogP contribution in [-0.4, -0.2) is 64.3 Å². The van der Waals surface area contributed by atoms with Crippen molar-refractivity contribution in [3.8, 4) is 23.0 Å². The van der Waals surface area contributed by atoms with Crippen molar-refractivity contribution in [2.45, 2.75) is 24.4 Å². The van der Waals surface area contributed by atoms with Crippen LogP contribution < -0.4 is 14.8 Å². The largest absolute Gasteiger partial charge is 0.508 e. The summed E-state index contributed by atoms with van der Waals surface area (Å²) in [7, 11) is 2.93. The number of allylic oxidation sites excluding steroid dienone is 2. The number of nitrogens with zero attached hydrogens (tertiary/aromatic N) is 1. The average Bonchev–Trinajstić information content (AvgIpc) is 3.58. The van der Waals surface area contributed by atoms with Gasteiger partial charge in [0.25, 0.3) is 0 Å². The lowest BCUT2D eigenvalue weighted by Gasteiger charge is -2.41. The average molecular weight is 603 g/mol. The van der Waals surface area contributed by atoms with Crippen LogP contribution >= 0.6 is 11.8 Å². The number of fused-ring (bicyclic) bond motifs is 1. The number of amides is 1. The summed E-state index contributed by atoms with van der Waals surface area (Å²) in [4.78, 5) is 28.1. The van der Waals surface area contributed by atoms with Crippen molar-refractivity contribution in [1.82, 2.24) is 4.90 Å². The molecule has 2 aliphatic heterocycles. The van der Waals surface area contributed by atoms with Gasteiger partial charge < -0.3 is 30.1 Å². The highest BCUT2D eigenvalue weighted by Gasteiger charge is 2.61. The lowest BCUT2D eigenvalue weighted by molar-refractivity contribution is -0.119. The molecule has 2 saturated heterocycles. The van der Waals surface area contributed by atoms with Crippen LogP contribution in [-0.2, 0) is 15.1 Å². The van der Waals surface area contributed by atoms with Gasteiger partial charge in [-0.1, -0.05) is 36.4 Å². The highest BCUT2D eigenvalue weighted by atomic mass is 32.2. The zero-order chi connectivity index (χ0) is 30.7. The van der Waals surface area contributed by atoms with E-state index in [1.165, 1.54) is 32.4 Å². The van der Waals surface area contributed by atoms with E-state index in [-0.39, 0.29) is 34.8 Å². The van der Waals surface area contributed by atoms with Crippen LogP contribution in [0.2, 0.25) is 0 Å². The third kappa shape index (κ3) is 5.55. The van der Waals surface area contributed by atoms with E-state index in [1.54, 1.807) is 48.2 Å². The molecule has 2 heterocycles. The molecule has 43 heavy (non-hydrogen) atoms. The number of hydrogen-bond acceptors (Lipinski definition) is 9. The molecule has 1 amide bonds. The Hall–Kier alpha value is -4.41. The Bertz CT molecular complexity index is 1590. The summed E-state index contributed by atoms with van der Waals surface area (Å²) in [5.41, 5.74) is 2.21.